The summed E-state index contributed by atoms with van der Waals surface area (Å²) >= 11 is 1.56. The molecule has 0 radical (unpaired) electrons. The molecule has 0 spiro atoms. The zero-order valence-electron chi connectivity index (χ0n) is 13.6. The number of nitrogens with one attached hydrogen (secondary N) is 1. The minimum absolute atomic E-state index is 0.0569. The van der Waals surface area contributed by atoms with Crippen molar-refractivity contribution in [2.45, 2.75) is 52.5 Å². The summed E-state index contributed by atoms with van der Waals surface area (Å²) in [5.74, 6) is 0.784. The molecule has 0 fully saturated rings. The molecule has 2 rings (SSSR count). The summed E-state index contributed by atoms with van der Waals surface area (Å²) in [4.78, 5) is 16.6. The van der Waals surface area contributed by atoms with Crippen LogP contribution in [0.15, 0.2) is 29.9 Å². The molecule has 4 nitrogen and oxygen atoms in total. The third-order valence-electron chi connectivity index (χ3n) is 3.53. The van der Waals surface area contributed by atoms with Gasteiger partial charge in [0.25, 0.3) is 0 Å². The maximum absolute atomic E-state index is 12.1. The van der Waals surface area contributed by atoms with Crippen LogP contribution in [0.1, 0.15) is 45.7 Å². The maximum Gasteiger partial charge on any atom is 0.226 e. The van der Waals surface area contributed by atoms with Crippen LogP contribution >= 0.6 is 11.3 Å². The molecule has 2 aromatic rings. The van der Waals surface area contributed by atoms with Crippen molar-refractivity contribution >= 4 is 17.2 Å². The van der Waals surface area contributed by atoms with Gasteiger partial charge in [-0.25, -0.2) is 4.98 Å². The zero-order chi connectivity index (χ0) is 15.9. The molecule has 0 bridgehead atoms. The predicted molar refractivity (Wildman–Crippen MR) is 91.4 cm³/mol. The van der Waals surface area contributed by atoms with Crippen molar-refractivity contribution < 1.29 is 4.79 Å². The molecule has 5 heteroatoms. The smallest absolute Gasteiger partial charge is 0.226 e. The van der Waals surface area contributed by atoms with Gasteiger partial charge >= 0.3 is 0 Å². The normalized spacial score (nSPS) is 12.5. The average Bonchev–Trinajstić information content (AvgIpc) is 3.07. The summed E-state index contributed by atoms with van der Waals surface area (Å²) in [7, 11) is 0. The summed E-state index contributed by atoms with van der Waals surface area (Å²) in [5.41, 5.74) is 0.834. The van der Waals surface area contributed by atoms with E-state index >= 15 is 0 Å². The van der Waals surface area contributed by atoms with E-state index in [1.165, 1.54) is 6.42 Å². The summed E-state index contributed by atoms with van der Waals surface area (Å²) in [6.45, 7) is 6.53. The van der Waals surface area contributed by atoms with Crippen LogP contribution in [0.25, 0.3) is 5.13 Å². The van der Waals surface area contributed by atoms with Crippen LogP contribution in [0, 0.1) is 5.92 Å². The lowest BCUT2D eigenvalue weighted by molar-refractivity contribution is -0.121. The largest absolute Gasteiger partial charge is 0.353 e. The Labute approximate surface area is 136 Å². The Morgan fingerprint density at radius 3 is 2.68 bits per heavy atom. The van der Waals surface area contributed by atoms with E-state index in [9.17, 15) is 4.79 Å². The fraction of sp³-hybridized carbons (Fsp3) is 0.529. The number of hydrogen-bond donors (Lipinski definition) is 1. The van der Waals surface area contributed by atoms with Crippen LogP contribution in [0.3, 0.4) is 0 Å². The van der Waals surface area contributed by atoms with E-state index in [4.69, 9.17) is 0 Å². The van der Waals surface area contributed by atoms with Gasteiger partial charge in [0, 0.05) is 23.8 Å². The van der Waals surface area contributed by atoms with Gasteiger partial charge in [0.15, 0.2) is 5.13 Å². The van der Waals surface area contributed by atoms with Gasteiger partial charge in [-0.1, -0.05) is 26.7 Å². The Bertz CT molecular complexity index is 575. The molecule has 0 saturated carbocycles. The highest BCUT2D eigenvalue weighted by molar-refractivity contribution is 7.12. The lowest BCUT2D eigenvalue weighted by Gasteiger charge is -2.14. The lowest BCUT2D eigenvalue weighted by atomic mass is 10.0. The van der Waals surface area contributed by atoms with Crippen molar-refractivity contribution in [1.82, 2.24) is 14.9 Å². The highest BCUT2D eigenvalue weighted by Gasteiger charge is 2.11. The molecule has 1 amide bonds. The topological polar surface area (TPSA) is 46.9 Å². The minimum Gasteiger partial charge on any atom is -0.353 e. The lowest BCUT2D eigenvalue weighted by Crippen LogP contribution is -2.33. The monoisotopic (exact) mass is 319 g/mol. The molecule has 120 valence electrons. The number of rotatable bonds is 8. The van der Waals surface area contributed by atoms with Gasteiger partial charge in [-0.2, -0.15) is 0 Å². The van der Waals surface area contributed by atoms with Crippen LogP contribution in [0.2, 0.25) is 0 Å². The van der Waals surface area contributed by atoms with E-state index in [1.807, 2.05) is 34.5 Å². The van der Waals surface area contributed by atoms with Crippen molar-refractivity contribution in [1.29, 1.82) is 0 Å². The molecule has 1 unspecified atom stereocenters. The third-order valence-corrected chi connectivity index (χ3v) is 4.44. The Morgan fingerprint density at radius 2 is 2.00 bits per heavy atom. The third kappa shape index (κ3) is 5.30. The van der Waals surface area contributed by atoms with Crippen molar-refractivity contribution in [2.24, 2.45) is 5.92 Å². The first kappa shape index (κ1) is 16.7. The molecule has 2 heterocycles. The van der Waals surface area contributed by atoms with E-state index in [2.05, 4.69) is 31.1 Å². The maximum atomic E-state index is 12.1. The van der Waals surface area contributed by atoms with E-state index in [0.717, 1.165) is 29.6 Å². The Balaban J connectivity index is 1.77. The van der Waals surface area contributed by atoms with Gasteiger partial charge < -0.3 is 9.88 Å². The molecule has 1 N–H and O–H groups in total. The van der Waals surface area contributed by atoms with Gasteiger partial charge in [0.05, 0.1) is 12.1 Å². The quantitative estimate of drug-likeness (QED) is 0.804. The number of thiazole rings is 1. The van der Waals surface area contributed by atoms with Crippen LogP contribution < -0.4 is 5.32 Å². The molecule has 2 aromatic heterocycles. The van der Waals surface area contributed by atoms with Crippen LogP contribution in [-0.2, 0) is 11.2 Å². The summed E-state index contributed by atoms with van der Waals surface area (Å²) in [6.07, 6.45) is 7.68. The molecule has 0 aliphatic rings. The zero-order valence-corrected chi connectivity index (χ0v) is 14.4. The van der Waals surface area contributed by atoms with E-state index in [0.29, 0.717) is 6.42 Å². The SMILES string of the molecule is CC(C)CCCC(C)NC(=O)Cc1csc(-n2cccc2)n1. The standard InChI is InChI=1S/C17H25N3OS/c1-13(2)7-6-8-14(3)18-16(21)11-15-12-22-17(19-15)20-9-4-5-10-20/h4-5,9-10,12-14H,6-8,11H2,1-3H3,(H,18,21). The first-order chi connectivity index (χ1) is 10.5. The highest BCUT2D eigenvalue weighted by atomic mass is 32.1. The number of aromatic nitrogens is 2. The van der Waals surface area contributed by atoms with Crippen molar-refractivity contribution in [2.75, 3.05) is 0 Å². The average molecular weight is 319 g/mol. The van der Waals surface area contributed by atoms with E-state index in [-0.39, 0.29) is 11.9 Å². The molecule has 0 saturated heterocycles. The summed E-state index contributed by atoms with van der Waals surface area (Å²) in [5, 5.41) is 5.92. The number of carbonyl (C=O) groups is 1. The fourth-order valence-corrected chi connectivity index (χ4v) is 3.14. The van der Waals surface area contributed by atoms with Crippen LogP contribution in [0.4, 0.5) is 0 Å². The second kappa shape index (κ2) is 8.13. The molecule has 0 aliphatic carbocycles. The van der Waals surface area contributed by atoms with Gasteiger partial charge in [-0.3, -0.25) is 4.79 Å². The Morgan fingerprint density at radius 1 is 1.27 bits per heavy atom. The van der Waals surface area contributed by atoms with Crippen molar-refractivity contribution in [3.63, 3.8) is 0 Å². The van der Waals surface area contributed by atoms with E-state index in [1.54, 1.807) is 11.3 Å². The molecule has 0 aromatic carbocycles. The summed E-state index contributed by atoms with van der Waals surface area (Å²) in [6, 6.07) is 4.16. The second-order valence-corrected chi connectivity index (χ2v) is 7.02. The van der Waals surface area contributed by atoms with Gasteiger partial charge in [0.1, 0.15) is 0 Å². The van der Waals surface area contributed by atoms with E-state index < -0.39 is 0 Å². The van der Waals surface area contributed by atoms with Gasteiger partial charge in [0.2, 0.25) is 5.91 Å². The minimum atomic E-state index is 0.0569. The first-order valence-electron chi connectivity index (χ1n) is 7.91. The Kier molecular flexibility index (Phi) is 6.19. The number of amides is 1. The molecule has 22 heavy (non-hydrogen) atoms. The van der Waals surface area contributed by atoms with Crippen molar-refractivity contribution in [3.8, 4) is 5.13 Å². The first-order valence-corrected chi connectivity index (χ1v) is 8.79. The van der Waals surface area contributed by atoms with Crippen LogP contribution in [-0.4, -0.2) is 21.5 Å². The van der Waals surface area contributed by atoms with Crippen LogP contribution in [0.5, 0.6) is 0 Å². The number of hydrogen-bond acceptors (Lipinski definition) is 3. The molecule has 1 atom stereocenters. The number of carbonyl (C=O) groups excluding carboxylic acids is 1. The predicted octanol–water partition coefficient (Wildman–Crippen LogP) is 3.81. The van der Waals surface area contributed by atoms with Crippen molar-refractivity contribution in [3.05, 3.63) is 35.6 Å². The fourth-order valence-electron chi connectivity index (χ4n) is 2.35. The second-order valence-electron chi connectivity index (χ2n) is 6.18. The molecular weight excluding hydrogens is 294 g/mol. The van der Waals surface area contributed by atoms with Gasteiger partial charge in [-0.05, 0) is 31.4 Å². The highest BCUT2D eigenvalue weighted by Crippen LogP contribution is 2.15. The molecular formula is C17H25N3OS. The Hall–Kier alpha value is -1.62. The number of nitrogens with zero attached hydrogens (tertiary/aromatic N) is 2. The van der Waals surface area contributed by atoms with Gasteiger partial charge in [-0.15, -0.1) is 11.3 Å². The summed E-state index contributed by atoms with van der Waals surface area (Å²) < 4.78 is 1.96. The molecule has 0 aliphatic heterocycles.